The zero-order chi connectivity index (χ0) is 15.6. The van der Waals surface area contributed by atoms with E-state index in [1.165, 1.54) is 6.20 Å². The Morgan fingerprint density at radius 2 is 2.24 bits per heavy atom. The average Bonchev–Trinajstić information content (AvgIpc) is 2.82. The van der Waals surface area contributed by atoms with E-state index in [0.717, 1.165) is 6.07 Å². The molecule has 2 rings (SSSR count). The van der Waals surface area contributed by atoms with Gasteiger partial charge in [-0.25, -0.2) is 13.1 Å². The van der Waals surface area contributed by atoms with Crippen LogP contribution in [0.25, 0.3) is 0 Å². The Morgan fingerprint density at radius 1 is 1.52 bits per heavy atom. The number of nitro groups is 1. The van der Waals surface area contributed by atoms with Gasteiger partial charge >= 0.3 is 0 Å². The van der Waals surface area contributed by atoms with E-state index in [4.69, 9.17) is 11.6 Å². The van der Waals surface area contributed by atoms with E-state index in [2.05, 4.69) is 9.71 Å². The molecule has 0 aliphatic rings. The van der Waals surface area contributed by atoms with E-state index in [9.17, 15) is 18.5 Å². The lowest BCUT2D eigenvalue weighted by Gasteiger charge is -2.12. The van der Waals surface area contributed by atoms with Gasteiger partial charge in [0, 0.05) is 24.5 Å². The van der Waals surface area contributed by atoms with E-state index in [0.29, 0.717) is 16.9 Å². The predicted octanol–water partition coefficient (Wildman–Crippen LogP) is 2.74. The van der Waals surface area contributed by atoms with Gasteiger partial charge in [0.25, 0.3) is 15.7 Å². The summed E-state index contributed by atoms with van der Waals surface area (Å²) in [5, 5.41) is 10.7. The molecule has 2 aromatic heterocycles. The van der Waals surface area contributed by atoms with Crippen LogP contribution in [0.5, 0.6) is 0 Å². The van der Waals surface area contributed by atoms with E-state index >= 15 is 0 Å². The molecular weight excluding hydrogens is 338 g/mol. The lowest BCUT2D eigenvalue weighted by Crippen LogP contribution is -2.26. The number of hydrogen-bond donors (Lipinski definition) is 1. The molecule has 0 aromatic carbocycles. The molecule has 7 nitrogen and oxygen atoms in total. The number of thiophene rings is 1. The molecule has 0 saturated heterocycles. The Balaban J connectivity index is 2.27. The summed E-state index contributed by atoms with van der Waals surface area (Å²) in [7, 11) is -3.89. The van der Waals surface area contributed by atoms with Gasteiger partial charge in [0.2, 0.25) is 0 Å². The number of nitrogens with zero attached hydrogens (tertiary/aromatic N) is 2. The lowest BCUT2D eigenvalue weighted by atomic mass is 10.2. The van der Waals surface area contributed by atoms with E-state index < -0.39 is 26.7 Å². The van der Waals surface area contributed by atoms with Gasteiger partial charge in [-0.2, -0.15) is 0 Å². The summed E-state index contributed by atoms with van der Waals surface area (Å²) >= 11 is 6.32. The smallest absolute Gasteiger partial charge is 0.264 e. The third kappa shape index (κ3) is 3.56. The molecule has 0 amide bonds. The van der Waals surface area contributed by atoms with Crippen LogP contribution in [0.1, 0.15) is 18.5 Å². The van der Waals surface area contributed by atoms with Crippen LogP contribution in [0.4, 0.5) is 5.69 Å². The molecule has 0 fully saturated rings. The maximum atomic E-state index is 12.2. The largest absolute Gasteiger partial charge is 0.300 e. The number of sulfonamides is 1. The number of rotatable bonds is 5. The monoisotopic (exact) mass is 347 g/mol. The molecule has 2 heterocycles. The van der Waals surface area contributed by atoms with E-state index in [1.54, 1.807) is 25.3 Å². The van der Waals surface area contributed by atoms with Gasteiger partial charge in [-0.1, -0.05) is 17.7 Å². The highest BCUT2D eigenvalue weighted by atomic mass is 35.5. The van der Waals surface area contributed by atoms with Crippen molar-refractivity contribution in [3.05, 3.63) is 50.6 Å². The Hall–Kier alpha value is -1.55. The molecule has 0 bridgehead atoms. The van der Waals surface area contributed by atoms with Crippen molar-refractivity contribution >= 4 is 38.6 Å². The molecule has 0 saturated carbocycles. The molecule has 0 radical (unpaired) electrons. The Labute approximate surface area is 129 Å². The number of pyridine rings is 1. The molecule has 10 heteroatoms. The fourth-order valence-electron chi connectivity index (χ4n) is 1.59. The van der Waals surface area contributed by atoms with Crippen molar-refractivity contribution in [2.75, 3.05) is 0 Å². The highest BCUT2D eigenvalue weighted by Gasteiger charge is 2.26. The quantitative estimate of drug-likeness (QED) is 0.661. The molecule has 21 heavy (non-hydrogen) atoms. The SMILES string of the molecule is CC(NS(=O)(=O)c1cc([N+](=O)[O-])c(Cl)s1)c1cccnc1. The summed E-state index contributed by atoms with van der Waals surface area (Å²) in [6.45, 7) is 1.65. The van der Waals surface area contributed by atoms with Crippen LogP contribution in [0, 0.1) is 10.1 Å². The summed E-state index contributed by atoms with van der Waals surface area (Å²) in [5.74, 6) is 0. The fourth-order valence-corrected chi connectivity index (χ4v) is 4.50. The topological polar surface area (TPSA) is 102 Å². The molecule has 0 spiro atoms. The maximum Gasteiger partial charge on any atom is 0.300 e. The van der Waals surface area contributed by atoms with Crippen molar-refractivity contribution in [2.45, 2.75) is 17.2 Å². The van der Waals surface area contributed by atoms with Gasteiger partial charge in [-0.3, -0.25) is 15.1 Å². The Morgan fingerprint density at radius 3 is 2.76 bits per heavy atom. The van der Waals surface area contributed by atoms with Crippen LogP contribution >= 0.6 is 22.9 Å². The van der Waals surface area contributed by atoms with Crippen molar-refractivity contribution in [1.29, 1.82) is 0 Å². The van der Waals surface area contributed by atoms with E-state index in [-0.39, 0.29) is 8.55 Å². The molecule has 1 N–H and O–H groups in total. The maximum absolute atomic E-state index is 12.2. The zero-order valence-electron chi connectivity index (χ0n) is 10.7. The normalized spacial score (nSPS) is 13.0. The third-order valence-electron chi connectivity index (χ3n) is 2.62. The molecule has 1 atom stereocenters. The van der Waals surface area contributed by atoms with Crippen molar-refractivity contribution in [2.24, 2.45) is 0 Å². The summed E-state index contributed by atoms with van der Waals surface area (Å²) < 4.78 is 26.5. The number of halogens is 1. The Kier molecular flexibility index (Phi) is 4.57. The molecule has 112 valence electrons. The van der Waals surface area contributed by atoms with Crippen LogP contribution in [-0.2, 0) is 10.0 Å². The molecule has 2 aromatic rings. The van der Waals surface area contributed by atoms with Gasteiger partial charge < -0.3 is 0 Å². The van der Waals surface area contributed by atoms with Crippen LogP contribution in [0.3, 0.4) is 0 Å². The average molecular weight is 348 g/mol. The predicted molar refractivity (Wildman–Crippen MR) is 79.0 cm³/mol. The van der Waals surface area contributed by atoms with Crippen LogP contribution in [0.15, 0.2) is 34.8 Å². The van der Waals surface area contributed by atoms with Gasteiger partial charge in [-0.15, -0.1) is 11.3 Å². The standard InChI is InChI=1S/C11H10ClN3O4S2/c1-7(8-3-2-4-13-6-8)14-21(18,19)10-5-9(15(16)17)11(12)20-10/h2-7,14H,1H3. The van der Waals surface area contributed by atoms with Gasteiger partial charge in [0.1, 0.15) is 4.21 Å². The minimum absolute atomic E-state index is 0.172. The fraction of sp³-hybridized carbons (Fsp3) is 0.182. The van der Waals surface area contributed by atoms with Crippen LogP contribution in [-0.4, -0.2) is 18.3 Å². The summed E-state index contributed by atoms with van der Waals surface area (Å²) in [5.41, 5.74) is 0.259. The van der Waals surface area contributed by atoms with Crippen molar-refractivity contribution < 1.29 is 13.3 Å². The second-order valence-corrected chi connectivity index (χ2v) is 7.71. The molecular formula is C11H10ClN3O4S2. The first-order valence-corrected chi connectivity index (χ1v) is 8.35. The minimum atomic E-state index is -3.89. The van der Waals surface area contributed by atoms with E-state index in [1.807, 2.05) is 0 Å². The van der Waals surface area contributed by atoms with Gasteiger partial charge in [0.05, 0.1) is 4.92 Å². The zero-order valence-corrected chi connectivity index (χ0v) is 13.1. The first-order valence-electron chi connectivity index (χ1n) is 5.67. The number of nitrogens with one attached hydrogen (secondary N) is 1. The van der Waals surface area contributed by atoms with Crippen LogP contribution in [0.2, 0.25) is 4.34 Å². The first-order chi connectivity index (χ1) is 9.81. The summed E-state index contributed by atoms with van der Waals surface area (Å²) in [6.07, 6.45) is 3.12. The second-order valence-electron chi connectivity index (χ2n) is 4.11. The third-order valence-corrected chi connectivity index (χ3v) is 5.98. The van der Waals surface area contributed by atoms with Gasteiger partial charge in [-0.05, 0) is 18.6 Å². The molecule has 0 aliphatic heterocycles. The van der Waals surface area contributed by atoms with Crippen molar-refractivity contribution in [3.63, 3.8) is 0 Å². The lowest BCUT2D eigenvalue weighted by molar-refractivity contribution is -0.384. The van der Waals surface area contributed by atoms with Crippen molar-refractivity contribution in [3.8, 4) is 0 Å². The number of hydrogen-bond acceptors (Lipinski definition) is 6. The van der Waals surface area contributed by atoms with Crippen LogP contribution < -0.4 is 4.72 Å². The highest BCUT2D eigenvalue weighted by molar-refractivity contribution is 7.91. The second kappa shape index (κ2) is 6.06. The first kappa shape index (κ1) is 15.8. The van der Waals surface area contributed by atoms with Gasteiger partial charge in [0.15, 0.2) is 4.34 Å². The summed E-state index contributed by atoms with van der Waals surface area (Å²) in [4.78, 5) is 13.9. The highest BCUT2D eigenvalue weighted by Crippen LogP contribution is 2.36. The Bertz CT molecular complexity index is 761. The minimum Gasteiger partial charge on any atom is -0.264 e. The molecule has 1 unspecified atom stereocenters. The van der Waals surface area contributed by atoms with Crippen molar-refractivity contribution in [1.82, 2.24) is 9.71 Å². The summed E-state index contributed by atoms with van der Waals surface area (Å²) in [6, 6.07) is 3.84. The number of aromatic nitrogens is 1. The molecule has 0 aliphatic carbocycles.